The quantitative estimate of drug-likeness (QED) is 0.689. The Morgan fingerprint density at radius 1 is 1.30 bits per heavy atom. The van der Waals surface area contributed by atoms with Gasteiger partial charge in [0.25, 0.3) is 0 Å². The van der Waals surface area contributed by atoms with E-state index in [2.05, 4.69) is 32.3 Å². The minimum Gasteiger partial charge on any atom is -0.322 e. The SMILES string of the molecule is Cc1cc(Nc2nc([C@@H]3CC4CC[C@@H]3N4)nc3ccsc23)n[nH]1. The van der Waals surface area contributed by atoms with Crippen LogP contribution in [0.3, 0.4) is 0 Å². The van der Waals surface area contributed by atoms with Gasteiger partial charge in [0.15, 0.2) is 11.6 Å². The lowest BCUT2D eigenvalue weighted by atomic mass is 9.88. The first-order chi connectivity index (χ1) is 11.3. The maximum atomic E-state index is 4.87. The Kier molecular flexibility index (Phi) is 2.93. The first-order valence-electron chi connectivity index (χ1n) is 8.06. The largest absolute Gasteiger partial charge is 0.322 e. The van der Waals surface area contributed by atoms with Gasteiger partial charge in [0.2, 0.25) is 0 Å². The van der Waals surface area contributed by atoms with Crippen molar-refractivity contribution in [1.29, 1.82) is 0 Å². The van der Waals surface area contributed by atoms with Gasteiger partial charge in [-0.15, -0.1) is 11.3 Å². The average molecular weight is 326 g/mol. The van der Waals surface area contributed by atoms with Crippen LogP contribution in [0, 0.1) is 6.92 Å². The fourth-order valence-corrected chi connectivity index (χ4v) is 4.62. The molecule has 2 aliphatic heterocycles. The molecule has 6 nitrogen and oxygen atoms in total. The summed E-state index contributed by atoms with van der Waals surface area (Å²) in [6.45, 7) is 1.99. The maximum absolute atomic E-state index is 4.87. The predicted molar refractivity (Wildman–Crippen MR) is 91.3 cm³/mol. The molecule has 3 aromatic heterocycles. The zero-order valence-corrected chi connectivity index (χ0v) is 13.7. The van der Waals surface area contributed by atoms with E-state index in [1.807, 2.05) is 13.0 Å². The molecule has 0 aromatic carbocycles. The summed E-state index contributed by atoms with van der Waals surface area (Å²) in [6.07, 6.45) is 3.68. The number of hydrogen-bond acceptors (Lipinski definition) is 6. The molecule has 0 aliphatic carbocycles. The van der Waals surface area contributed by atoms with Gasteiger partial charge in [-0.05, 0) is 37.6 Å². The normalized spacial score (nSPS) is 26.2. The number of rotatable bonds is 3. The van der Waals surface area contributed by atoms with Crippen molar-refractivity contribution < 1.29 is 0 Å². The molecule has 1 unspecified atom stereocenters. The third kappa shape index (κ3) is 2.22. The molecule has 2 fully saturated rings. The fourth-order valence-electron chi connectivity index (χ4n) is 3.84. The van der Waals surface area contributed by atoms with Crippen LogP contribution in [0.15, 0.2) is 17.5 Å². The molecule has 7 heteroatoms. The molecule has 23 heavy (non-hydrogen) atoms. The number of aryl methyl sites for hydroxylation is 1. The summed E-state index contributed by atoms with van der Waals surface area (Å²) in [6, 6.07) is 5.25. The zero-order valence-electron chi connectivity index (χ0n) is 12.8. The van der Waals surface area contributed by atoms with Crippen molar-refractivity contribution >= 4 is 33.2 Å². The van der Waals surface area contributed by atoms with E-state index in [1.165, 1.54) is 12.8 Å². The summed E-state index contributed by atoms with van der Waals surface area (Å²) in [5.41, 5.74) is 2.05. The van der Waals surface area contributed by atoms with E-state index in [-0.39, 0.29) is 0 Å². The molecule has 5 heterocycles. The molecule has 3 aromatic rings. The van der Waals surface area contributed by atoms with Gasteiger partial charge >= 0.3 is 0 Å². The lowest BCUT2D eigenvalue weighted by Crippen LogP contribution is -2.23. The van der Waals surface area contributed by atoms with E-state index in [9.17, 15) is 0 Å². The highest BCUT2D eigenvalue weighted by Crippen LogP contribution is 2.40. The molecule has 3 atom stereocenters. The van der Waals surface area contributed by atoms with Crippen molar-refractivity contribution in [3.8, 4) is 0 Å². The Morgan fingerprint density at radius 2 is 2.26 bits per heavy atom. The summed E-state index contributed by atoms with van der Waals surface area (Å²) in [5.74, 6) is 3.06. The maximum Gasteiger partial charge on any atom is 0.153 e. The second-order valence-corrected chi connectivity index (χ2v) is 7.43. The van der Waals surface area contributed by atoms with Gasteiger partial charge in [0.05, 0.1) is 10.2 Å². The van der Waals surface area contributed by atoms with Gasteiger partial charge in [-0.2, -0.15) is 5.10 Å². The highest BCUT2D eigenvalue weighted by Gasteiger charge is 2.41. The predicted octanol–water partition coefficient (Wildman–Crippen LogP) is 3.07. The Morgan fingerprint density at radius 3 is 3.00 bits per heavy atom. The lowest BCUT2D eigenvalue weighted by Gasteiger charge is -2.19. The minimum atomic E-state index is 0.430. The Labute approximate surface area is 137 Å². The van der Waals surface area contributed by atoms with Crippen molar-refractivity contribution in [3.63, 3.8) is 0 Å². The second kappa shape index (κ2) is 5.01. The van der Waals surface area contributed by atoms with Crippen LogP contribution in [-0.4, -0.2) is 32.2 Å². The van der Waals surface area contributed by atoms with Gasteiger partial charge in [-0.25, -0.2) is 9.97 Å². The monoisotopic (exact) mass is 326 g/mol. The van der Waals surface area contributed by atoms with Gasteiger partial charge in [-0.3, -0.25) is 5.10 Å². The smallest absolute Gasteiger partial charge is 0.153 e. The molecule has 2 saturated heterocycles. The number of anilines is 2. The summed E-state index contributed by atoms with van der Waals surface area (Å²) >= 11 is 1.67. The molecular formula is C16H18N6S. The molecule has 0 radical (unpaired) electrons. The van der Waals surface area contributed by atoms with E-state index in [0.717, 1.165) is 39.8 Å². The molecule has 0 saturated carbocycles. The standard InChI is InChI=1S/C16H18N6S/c1-8-6-13(22-21-8)19-16-14-12(4-5-23-14)18-15(20-16)10-7-9-2-3-11(10)17-9/h4-6,9-11,17H,2-3,7H2,1H3,(H2,18,19,20,21,22)/t9?,10-,11+/m1/s1. The fraction of sp³-hybridized carbons (Fsp3) is 0.438. The van der Waals surface area contributed by atoms with Crippen molar-refractivity contribution in [3.05, 3.63) is 29.0 Å². The van der Waals surface area contributed by atoms with Gasteiger partial charge < -0.3 is 10.6 Å². The number of aromatic nitrogens is 4. The van der Waals surface area contributed by atoms with E-state index in [0.29, 0.717) is 18.0 Å². The van der Waals surface area contributed by atoms with Gasteiger partial charge in [0.1, 0.15) is 5.82 Å². The van der Waals surface area contributed by atoms with Crippen LogP contribution in [0.25, 0.3) is 10.2 Å². The average Bonchev–Trinajstić information content (AvgIpc) is 3.30. The van der Waals surface area contributed by atoms with Crippen LogP contribution in [0.1, 0.15) is 36.7 Å². The molecule has 2 bridgehead atoms. The van der Waals surface area contributed by atoms with Crippen LogP contribution in [-0.2, 0) is 0 Å². The first kappa shape index (κ1) is 13.4. The first-order valence-corrected chi connectivity index (χ1v) is 8.94. The number of nitrogens with zero attached hydrogens (tertiary/aromatic N) is 3. The van der Waals surface area contributed by atoms with E-state index in [4.69, 9.17) is 9.97 Å². The third-order valence-corrected chi connectivity index (χ3v) is 5.82. The number of thiophene rings is 1. The Bertz CT molecular complexity index is 868. The molecule has 5 rings (SSSR count). The van der Waals surface area contributed by atoms with Crippen molar-refractivity contribution in [2.45, 2.75) is 44.2 Å². The molecule has 118 valence electrons. The summed E-state index contributed by atoms with van der Waals surface area (Å²) in [7, 11) is 0. The summed E-state index contributed by atoms with van der Waals surface area (Å²) in [4.78, 5) is 9.71. The number of fused-ring (bicyclic) bond motifs is 3. The number of H-pyrrole nitrogens is 1. The molecule has 3 N–H and O–H groups in total. The molecular weight excluding hydrogens is 308 g/mol. The summed E-state index contributed by atoms with van der Waals surface area (Å²) in [5, 5.41) is 16.3. The highest BCUT2D eigenvalue weighted by atomic mass is 32.1. The van der Waals surface area contributed by atoms with Crippen LogP contribution >= 0.6 is 11.3 Å². The van der Waals surface area contributed by atoms with Gasteiger partial charge in [0, 0.05) is 29.8 Å². The molecule has 0 amide bonds. The van der Waals surface area contributed by atoms with Crippen LogP contribution < -0.4 is 10.6 Å². The number of nitrogens with one attached hydrogen (secondary N) is 3. The van der Waals surface area contributed by atoms with Crippen LogP contribution in [0.4, 0.5) is 11.6 Å². The number of aromatic amines is 1. The Balaban J connectivity index is 1.56. The van der Waals surface area contributed by atoms with E-state index < -0.39 is 0 Å². The Hall–Kier alpha value is -1.99. The second-order valence-electron chi connectivity index (χ2n) is 6.52. The minimum absolute atomic E-state index is 0.430. The number of hydrogen-bond donors (Lipinski definition) is 3. The van der Waals surface area contributed by atoms with E-state index >= 15 is 0 Å². The third-order valence-electron chi connectivity index (χ3n) is 4.90. The summed E-state index contributed by atoms with van der Waals surface area (Å²) < 4.78 is 1.09. The van der Waals surface area contributed by atoms with Crippen molar-refractivity contribution in [2.24, 2.45) is 0 Å². The van der Waals surface area contributed by atoms with Crippen molar-refractivity contribution in [2.75, 3.05) is 5.32 Å². The van der Waals surface area contributed by atoms with Crippen LogP contribution in [0.5, 0.6) is 0 Å². The molecule has 2 aliphatic rings. The van der Waals surface area contributed by atoms with Crippen molar-refractivity contribution in [1.82, 2.24) is 25.5 Å². The van der Waals surface area contributed by atoms with Crippen LogP contribution in [0.2, 0.25) is 0 Å². The highest BCUT2D eigenvalue weighted by molar-refractivity contribution is 7.17. The van der Waals surface area contributed by atoms with Gasteiger partial charge in [-0.1, -0.05) is 0 Å². The zero-order chi connectivity index (χ0) is 15.4. The topological polar surface area (TPSA) is 78.5 Å². The van der Waals surface area contributed by atoms with E-state index in [1.54, 1.807) is 11.3 Å². The molecule has 0 spiro atoms. The lowest BCUT2D eigenvalue weighted by molar-refractivity contribution is 0.488.